The summed E-state index contributed by atoms with van der Waals surface area (Å²) in [5, 5.41) is 4.00. The molecule has 0 radical (unpaired) electrons. The first kappa shape index (κ1) is 15.4. The number of hydrazone groups is 1. The standard InChI is InChI=1S/C11H13BrN4O2S/c1-16(2)11(19)18-9-5-8(12)4-3-7(9)6-14-15-10(13)17/h3-6H,1-2H3,(H3,13,15,17). The molecule has 8 heteroatoms. The van der Waals surface area contributed by atoms with Gasteiger partial charge in [-0.15, -0.1) is 0 Å². The van der Waals surface area contributed by atoms with Crippen molar-refractivity contribution in [1.82, 2.24) is 10.3 Å². The van der Waals surface area contributed by atoms with Crippen LogP contribution in [0.2, 0.25) is 0 Å². The number of carbonyl (C=O) groups excluding carboxylic acids is 1. The maximum Gasteiger partial charge on any atom is 0.332 e. The van der Waals surface area contributed by atoms with E-state index in [1.54, 1.807) is 31.1 Å². The highest BCUT2D eigenvalue weighted by atomic mass is 79.9. The van der Waals surface area contributed by atoms with Gasteiger partial charge < -0.3 is 15.4 Å². The van der Waals surface area contributed by atoms with Crippen molar-refractivity contribution >= 4 is 45.6 Å². The van der Waals surface area contributed by atoms with Crippen molar-refractivity contribution in [3.8, 4) is 5.75 Å². The van der Waals surface area contributed by atoms with Crippen LogP contribution in [0.4, 0.5) is 4.79 Å². The second-order valence-electron chi connectivity index (χ2n) is 3.68. The van der Waals surface area contributed by atoms with Crippen LogP contribution in [0.1, 0.15) is 5.56 Å². The molecule has 0 bridgehead atoms. The van der Waals surface area contributed by atoms with Crippen LogP contribution in [0.5, 0.6) is 5.75 Å². The lowest BCUT2D eigenvalue weighted by molar-refractivity contribution is 0.249. The second-order valence-corrected chi connectivity index (χ2v) is 4.94. The van der Waals surface area contributed by atoms with E-state index in [1.807, 2.05) is 6.07 Å². The number of ether oxygens (including phenoxy) is 1. The van der Waals surface area contributed by atoms with Crippen molar-refractivity contribution in [3.63, 3.8) is 0 Å². The molecule has 6 nitrogen and oxygen atoms in total. The lowest BCUT2D eigenvalue weighted by atomic mass is 10.2. The van der Waals surface area contributed by atoms with Gasteiger partial charge in [0.05, 0.1) is 6.21 Å². The van der Waals surface area contributed by atoms with Crippen LogP contribution in [0.25, 0.3) is 0 Å². The average molecular weight is 345 g/mol. The molecule has 1 aromatic carbocycles. The minimum Gasteiger partial charge on any atom is -0.431 e. The van der Waals surface area contributed by atoms with E-state index >= 15 is 0 Å². The van der Waals surface area contributed by atoms with E-state index < -0.39 is 6.03 Å². The summed E-state index contributed by atoms with van der Waals surface area (Å²) in [4.78, 5) is 12.2. The number of nitrogens with zero attached hydrogens (tertiary/aromatic N) is 2. The Hall–Kier alpha value is -1.67. The summed E-state index contributed by atoms with van der Waals surface area (Å²) in [6, 6.07) is 4.60. The molecule has 1 rings (SSSR count). The molecule has 102 valence electrons. The largest absolute Gasteiger partial charge is 0.431 e. The zero-order valence-electron chi connectivity index (χ0n) is 10.4. The summed E-state index contributed by atoms with van der Waals surface area (Å²) in [5.74, 6) is 0.517. The normalized spacial score (nSPS) is 10.3. The first-order chi connectivity index (χ1) is 8.90. The number of thiocarbonyl (C=S) groups is 1. The van der Waals surface area contributed by atoms with Gasteiger partial charge in [-0.25, -0.2) is 10.2 Å². The Kier molecular flexibility index (Phi) is 5.71. The van der Waals surface area contributed by atoms with Gasteiger partial charge in [0.25, 0.3) is 5.17 Å². The number of rotatable bonds is 3. The highest BCUT2D eigenvalue weighted by Gasteiger charge is 2.07. The third-order valence-corrected chi connectivity index (χ3v) is 2.86. The molecule has 0 atom stereocenters. The number of primary amides is 1. The molecule has 0 aliphatic heterocycles. The van der Waals surface area contributed by atoms with Gasteiger partial charge in [0.15, 0.2) is 0 Å². The second kappa shape index (κ2) is 7.05. The van der Waals surface area contributed by atoms with Crippen molar-refractivity contribution in [3.05, 3.63) is 28.2 Å². The third kappa shape index (κ3) is 5.23. The minimum atomic E-state index is -0.736. The molecule has 0 saturated heterocycles. The topological polar surface area (TPSA) is 79.9 Å². The lowest BCUT2D eigenvalue weighted by Gasteiger charge is -2.15. The fourth-order valence-electron chi connectivity index (χ4n) is 1.05. The molecular weight excluding hydrogens is 332 g/mol. The summed E-state index contributed by atoms with van der Waals surface area (Å²) in [7, 11) is 3.56. The summed E-state index contributed by atoms with van der Waals surface area (Å²) >= 11 is 8.41. The fraction of sp³-hybridized carbons (Fsp3) is 0.182. The molecule has 1 aromatic rings. The Bertz CT molecular complexity index is 519. The summed E-state index contributed by atoms with van der Waals surface area (Å²) in [6.07, 6.45) is 1.42. The summed E-state index contributed by atoms with van der Waals surface area (Å²) in [5.41, 5.74) is 7.67. The van der Waals surface area contributed by atoms with Gasteiger partial charge in [-0.05, 0) is 30.4 Å². The Morgan fingerprint density at radius 2 is 2.26 bits per heavy atom. The highest BCUT2D eigenvalue weighted by Crippen LogP contribution is 2.23. The van der Waals surface area contributed by atoms with Crippen LogP contribution in [-0.4, -0.2) is 36.4 Å². The number of amides is 2. The quantitative estimate of drug-likeness (QED) is 0.496. The molecule has 0 unspecified atom stereocenters. The van der Waals surface area contributed by atoms with Crippen molar-refractivity contribution in [2.24, 2.45) is 10.8 Å². The molecule has 2 amide bonds. The molecule has 19 heavy (non-hydrogen) atoms. The Morgan fingerprint density at radius 3 is 2.84 bits per heavy atom. The van der Waals surface area contributed by atoms with E-state index in [-0.39, 0.29) is 0 Å². The van der Waals surface area contributed by atoms with Gasteiger partial charge in [0, 0.05) is 24.1 Å². The van der Waals surface area contributed by atoms with Gasteiger partial charge >= 0.3 is 6.03 Å². The predicted octanol–water partition coefficient (Wildman–Crippen LogP) is 1.68. The maximum absolute atomic E-state index is 10.5. The zero-order chi connectivity index (χ0) is 14.4. The Labute approximate surface area is 124 Å². The van der Waals surface area contributed by atoms with Crippen LogP contribution in [0.3, 0.4) is 0 Å². The van der Waals surface area contributed by atoms with Crippen molar-refractivity contribution < 1.29 is 9.53 Å². The average Bonchev–Trinajstić information content (AvgIpc) is 2.31. The third-order valence-electron chi connectivity index (χ3n) is 1.92. The van der Waals surface area contributed by atoms with Crippen LogP contribution in [0, 0.1) is 0 Å². The van der Waals surface area contributed by atoms with E-state index in [0.717, 1.165) is 4.47 Å². The van der Waals surface area contributed by atoms with Crippen LogP contribution in [-0.2, 0) is 0 Å². The van der Waals surface area contributed by atoms with E-state index in [4.69, 9.17) is 22.7 Å². The monoisotopic (exact) mass is 344 g/mol. The lowest BCUT2D eigenvalue weighted by Crippen LogP contribution is -2.26. The van der Waals surface area contributed by atoms with E-state index in [0.29, 0.717) is 16.5 Å². The van der Waals surface area contributed by atoms with Gasteiger partial charge in [0.2, 0.25) is 0 Å². The van der Waals surface area contributed by atoms with Crippen LogP contribution >= 0.6 is 28.1 Å². The number of urea groups is 1. The van der Waals surface area contributed by atoms with Crippen LogP contribution < -0.4 is 15.9 Å². The first-order valence-electron chi connectivity index (χ1n) is 5.17. The Balaban J connectivity index is 2.94. The number of carbonyl (C=O) groups is 1. The molecule has 0 heterocycles. The number of hydrogen-bond acceptors (Lipinski definition) is 4. The number of halogens is 1. The molecule has 0 aliphatic rings. The van der Waals surface area contributed by atoms with E-state index in [1.165, 1.54) is 6.21 Å². The number of hydrogen-bond donors (Lipinski definition) is 2. The van der Waals surface area contributed by atoms with Crippen LogP contribution in [0.15, 0.2) is 27.8 Å². The number of benzene rings is 1. The Morgan fingerprint density at radius 1 is 1.58 bits per heavy atom. The SMILES string of the molecule is CN(C)C(=S)Oc1cc(Br)ccc1C=NNC(N)=O. The number of nitrogens with two attached hydrogens (primary N) is 1. The zero-order valence-corrected chi connectivity index (χ0v) is 12.8. The summed E-state index contributed by atoms with van der Waals surface area (Å²) < 4.78 is 6.37. The van der Waals surface area contributed by atoms with Gasteiger partial charge in [0.1, 0.15) is 5.75 Å². The van der Waals surface area contributed by atoms with E-state index in [9.17, 15) is 4.79 Å². The smallest absolute Gasteiger partial charge is 0.332 e. The minimum absolute atomic E-state index is 0.315. The van der Waals surface area contributed by atoms with Gasteiger partial charge in [-0.2, -0.15) is 5.10 Å². The van der Waals surface area contributed by atoms with Gasteiger partial charge in [-0.1, -0.05) is 15.9 Å². The molecule has 0 aliphatic carbocycles. The molecule has 3 N–H and O–H groups in total. The van der Waals surface area contributed by atoms with Crippen molar-refractivity contribution in [2.75, 3.05) is 14.1 Å². The van der Waals surface area contributed by atoms with E-state index in [2.05, 4.69) is 26.5 Å². The first-order valence-corrected chi connectivity index (χ1v) is 6.37. The van der Waals surface area contributed by atoms with Crippen molar-refractivity contribution in [1.29, 1.82) is 0 Å². The molecule has 0 fully saturated rings. The summed E-state index contributed by atoms with van der Waals surface area (Å²) in [6.45, 7) is 0. The van der Waals surface area contributed by atoms with Gasteiger partial charge in [-0.3, -0.25) is 0 Å². The number of nitrogens with one attached hydrogen (secondary N) is 1. The highest BCUT2D eigenvalue weighted by molar-refractivity contribution is 9.10. The molecule has 0 saturated carbocycles. The predicted molar refractivity (Wildman–Crippen MR) is 81.4 cm³/mol. The maximum atomic E-state index is 10.5. The fourth-order valence-corrected chi connectivity index (χ4v) is 1.48. The molecule has 0 aromatic heterocycles. The molecular formula is C11H13BrN4O2S. The van der Waals surface area contributed by atoms with Crippen molar-refractivity contribution in [2.45, 2.75) is 0 Å². The molecule has 0 spiro atoms.